The van der Waals surface area contributed by atoms with Crippen LogP contribution >= 0.6 is 0 Å². The Morgan fingerprint density at radius 2 is 1.26 bits per heavy atom. The average Bonchev–Trinajstić information content (AvgIpc) is 3.21. The summed E-state index contributed by atoms with van der Waals surface area (Å²) in [5, 5.41) is 5.64. The van der Waals surface area contributed by atoms with Crippen LogP contribution in [-0.4, -0.2) is 0 Å². The van der Waals surface area contributed by atoms with Gasteiger partial charge in [-0.25, -0.2) is 0 Å². The Balaban J connectivity index is 0.000000666. The van der Waals surface area contributed by atoms with Gasteiger partial charge in [-0.05, 0) is 70.5 Å². The smallest absolute Gasteiger partial charge is 1.00 e. The molecule has 0 bridgehead atoms. The molecule has 0 amide bonds. The van der Waals surface area contributed by atoms with E-state index in [0.29, 0.717) is 0 Å². The van der Waals surface area contributed by atoms with E-state index in [0.717, 1.165) is 0 Å². The van der Waals surface area contributed by atoms with Crippen LogP contribution in [0.2, 0.25) is 0 Å². The first-order valence-electron chi connectivity index (χ1n) is 8.33. The molecule has 1 aromatic heterocycles. The van der Waals surface area contributed by atoms with Gasteiger partial charge in [0.15, 0.2) is 0 Å². The topological polar surface area (TPSA) is 13.1 Å². The Hall–Kier alpha value is -1.14. The first-order chi connectivity index (χ1) is 11.4. The summed E-state index contributed by atoms with van der Waals surface area (Å²) in [7, 11) is 0. The molecule has 5 heteroatoms. The predicted octanol–water partition coefficient (Wildman–Crippen LogP) is -2.84. The van der Waals surface area contributed by atoms with E-state index in [9.17, 15) is 0 Å². The molecule has 3 aromatic carbocycles. The predicted molar refractivity (Wildman–Crippen MR) is 96.8 cm³/mol. The maximum Gasteiger partial charge on any atom is 3.00 e. The van der Waals surface area contributed by atoms with Crippen molar-refractivity contribution in [1.29, 1.82) is 0 Å². The fourth-order valence-electron chi connectivity index (χ4n) is 3.57. The van der Waals surface area contributed by atoms with Gasteiger partial charge in [-0.3, -0.25) is 0 Å². The van der Waals surface area contributed by atoms with E-state index in [1.807, 2.05) is 12.1 Å². The fourth-order valence-corrected chi connectivity index (χ4v) is 3.57. The second-order valence-electron chi connectivity index (χ2n) is 6.09. The largest absolute Gasteiger partial charge is 3.00 e. The van der Waals surface area contributed by atoms with Gasteiger partial charge in [0.2, 0.25) is 0 Å². The molecule has 1 heterocycles. The van der Waals surface area contributed by atoms with Crippen LogP contribution in [0.5, 0.6) is 0 Å². The Morgan fingerprint density at radius 3 is 1.96 bits per heavy atom. The summed E-state index contributed by atoms with van der Waals surface area (Å²) in [6.07, 6.45) is 8.47. The third-order valence-corrected chi connectivity index (χ3v) is 4.68. The van der Waals surface area contributed by atoms with Crippen molar-refractivity contribution >= 4 is 21.5 Å². The van der Waals surface area contributed by atoms with Crippen molar-refractivity contribution in [2.75, 3.05) is 0 Å². The van der Waals surface area contributed by atoms with Gasteiger partial charge < -0.3 is 41.6 Å². The normalized spacial score (nSPS) is 11.4. The number of halogens is 3. The zero-order chi connectivity index (χ0) is 15.5. The number of benzene rings is 3. The molecule has 5 rings (SSSR count). The van der Waals surface area contributed by atoms with Crippen LogP contribution in [-0.2, 0) is 30.2 Å². The molecule has 1 aliphatic rings. The summed E-state index contributed by atoms with van der Waals surface area (Å²) in [5.41, 5.74) is 3.17. The average molecular weight is 459 g/mol. The quantitative estimate of drug-likeness (QED) is 0.259. The minimum Gasteiger partial charge on any atom is -1.00 e. The van der Waals surface area contributed by atoms with Gasteiger partial charge in [-0.15, -0.1) is 0 Å². The van der Waals surface area contributed by atoms with Crippen molar-refractivity contribution in [2.45, 2.75) is 25.7 Å². The molecule has 27 heavy (non-hydrogen) atoms. The summed E-state index contributed by atoms with van der Waals surface area (Å²) < 4.78 is 4.58. The number of hydrogen-bond donors (Lipinski definition) is 0. The first kappa shape index (κ1) is 25.9. The number of aryl methyl sites for hydroxylation is 2. The molecular weight excluding hydrogens is 439 g/mol. The Morgan fingerprint density at radius 1 is 0.593 bits per heavy atom. The van der Waals surface area contributed by atoms with E-state index in [2.05, 4.69) is 52.9 Å². The zero-order valence-corrected chi connectivity index (χ0v) is 18.2. The van der Waals surface area contributed by atoms with Crippen molar-refractivity contribution in [2.24, 2.45) is 0 Å². The minimum absolute atomic E-state index is 0. The van der Waals surface area contributed by atoms with E-state index in [-0.39, 0.29) is 54.6 Å². The second-order valence-corrected chi connectivity index (χ2v) is 6.09. The summed E-state index contributed by atoms with van der Waals surface area (Å²) in [6.45, 7) is 0. The molecule has 1 radical (unpaired) electrons. The van der Waals surface area contributed by atoms with Crippen LogP contribution in [0.25, 0.3) is 21.5 Å². The van der Waals surface area contributed by atoms with Gasteiger partial charge >= 0.3 is 17.4 Å². The molecule has 0 spiro atoms. The molecule has 0 fully saturated rings. The SMILES string of the molecule is [Cl-].[Cl-].[Cl-].[Cr+3].c1ccc2c(c1)ccc1c3c(ccc12)CCCC3.c1ccoc1. The second kappa shape index (κ2) is 12.3. The third-order valence-electron chi connectivity index (χ3n) is 4.68. The van der Waals surface area contributed by atoms with Gasteiger partial charge in [-0.1, -0.05) is 48.5 Å². The van der Waals surface area contributed by atoms with Crippen LogP contribution in [0.4, 0.5) is 0 Å². The Kier molecular flexibility index (Phi) is 11.8. The van der Waals surface area contributed by atoms with Crippen LogP contribution in [0.15, 0.2) is 77.6 Å². The van der Waals surface area contributed by atoms with Crippen molar-refractivity contribution in [3.63, 3.8) is 0 Å². The monoisotopic (exact) mass is 457 g/mol. The Labute approximate surface area is 189 Å². The molecule has 0 saturated heterocycles. The van der Waals surface area contributed by atoms with Gasteiger partial charge in [0, 0.05) is 0 Å². The van der Waals surface area contributed by atoms with E-state index < -0.39 is 0 Å². The molecule has 141 valence electrons. The molecule has 1 nitrogen and oxygen atoms in total. The van der Waals surface area contributed by atoms with Crippen LogP contribution < -0.4 is 37.2 Å². The standard InChI is InChI=1S/C18H16.C4H4O.3ClH.Cr/c1-3-7-15-13(5-1)9-11-18-16-8-4-2-6-14(16)10-12-17(15)18;1-2-4-5-3-1;;;;/h1,3,5,7,9-12H,2,4,6,8H2;1-4H;3*1H;/q;;;;;+3/p-3. The first-order valence-corrected chi connectivity index (χ1v) is 8.33. The van der Waals surface area contributed by atoms with Crippen molar-refractivity contribution in [3.05, 3.63) is 84.3 Å². The molecule has 4 aromatic rings. The van der Waals surface area contributed by atoms with Crippen molar-refractivity contribution < 1.29 is 59.0 Å². The molecule has 1 aliphatic carbocycles. The molecule has 0 saturated carbocycles. The van der Waals surface area contributed by atoms with Gasteiger partial charge in [0.1, 0.15) is 0 Å². The van der Waals surface area contributed by atoms with Crippen molar-refractivity contribution in [3.8, 4) is 0 Å². The number of fused-ring (bicyclic) bond motifs is 5. The van der Waals surface area contributed by atoms with Crippen LogP contribution in [0, 0.1) is 0 Å². The summed E-state index contributed by atoms with van der Waals surface area (Å²) in [4.78, 5) is 0. The maximum absolute atomic E-state index is 4.58. The molecule has 0 aliphatic heterocycles. The van der Waals surface area contributed by atoms with E-state index in [1.165, 1.54) is 47.2 Å². The maximum atomic E-state index is 4.58. The summed E-state index contributed by atoms with van der Waals surface area (Å²) >= 11 is 0. The van der Waals surface area contributed by atoms with E-state index >= 15 is 0 Å². The van der Waals surface area contributed by atoms with Crippen molar-refractivity contribution in [1.82, 2.24) is 0 Å². The van der Waals surface area contributed by atoms with E-state index in [1.54, 1.807) is 23.7 Å². The number of hydrogen-bond acceptors (Lipinski definition) is 1. The molecule has 0 N–H and O–H groups in total. The zero-order valence-electron chi connectivity index (χ0n) is 14.7. The Bertz CT molecular complexity index is 922. The number of furan rings is 1. The van der Waals surface area contributed by atoms with Crippen LogP contribution in [0.3, 0.4) is 0 Å². The molecule has 0 unspecified atom stereocenters. The van der Waals surface area contributed by atoms with Crippen LogP contribution in [0.1, 0.15) is 24.0 Å². The summed E-state index contributed by atoms with van der Waals surface area (Å²) in [6, 6.07) is 21.6. The third kappa shape index (κ3) is 5.67. The molecule has 0 atom stereocenters. The molecular formula is C22H20Cl3CrO. The number of rotatable bonds is 0. The van der Waals surface area contributed by atoms with Gasteiger partial charge in [0.05, 0.1) is 12.5 Å². The van der Waals surface area contributed by atoms with Gasteiger partial charge in [-0.2, -0.15) is 0 Å². The fraction of sp³-hybridized carbons (Fsp3) is 0.182. The van der Waals surface area contributed by atoms with E-state index in [4.69, 9.17) is 0 Å². The minimum atomic E-state index is 0. The summed E-state index contributed by atoms with van der Waals surface area (Å²) in [5.74, 6) is 0. The van der Waals surface area contributed by atoms with Gasteiger partial charge in [0.25, 0.3) is 0 Å².